The van der Waals surface area contributed by atoms with Gasteiger partial charge in [0.05, 0.1) is 10.8 Å². The molecule has 38 heavy (non-hydrogen) atoms. The van der Waals surface area contributed by atoms with Crippen LogP contribution in [0, 0.1) is 5.92 Å². The van der Waals surface area contributed by atoms with Crippen LogP contribution in [0.4, 0.5) is 10.5 Å². The SMILES string of the molecule is CC(C)c1ccc(S(=O)(=O)N2CCC(C(=O)OCC(=O)NC(=O)Nc3ccc4c(c3)OCCO4)CC2)cc1. The molecule has 0 radical (unpaired) electrons. The van der Waals surface area contributed by atoms with Gasteiger partial charge in [-0.25, -0.2) is 13.2 Å². The number of piperidine rings is 1. The van der Waals surface area contributed by atoms with Gasteiger partial charge in [0.15, 0.2) is 18.1 Å². The third-order valence-electron chi connectivity index (χ3n) is 6.37. The number of fused-ring (bicyclic) bond motifs is 1. The molecule has 2 aromatic rings. The summed E-state index contributed by atoms with van der Waals surface area (Å²) >= 11 is 0. The van der Waals surface area contributed by atoms with E-state index in [0.29, 0.717) is 36.3 Å². The first-order chi connectivity index (χ1) is 18.1. The highest BCUT2D eigenvalue weighted by atomic mass is 32.2. The molecule has 0 spiro atoms. The summed E-state index contributed by atoms with van der Waals surface area (Å²) in [5.41, 5.74) is 1.45. The first-order valence-electron chi connectivity index (χ1n) is 12.4. The second kappa shape index (κ2) is 11.8. The molecule has 2 aliphatic heterocycles. The van der Waals surface area contributed by atoms with Gasteiger partial charge >= 0.3 is 12.0 Å². The third kappa shape index (κ3) is 6.62. The van der Waals surface area contributed by atoms with Gasteiger partial charge in [-0.15, -0.1) is 0 Å². The van der Waals surface area contributed by atoms with E-state index >= 15 is 0 Å². The average molecular weight is 546 g/mol. The van der Waals surface area contributed by atoms with E-state index in [9.17, 15) is 22.8 Å². The molecule has 2 aliphatic rings. The number of rotatable bonds is 7. The van der Waals surface area contributed by atoms with Crippen molar-refractivity contribution in [2.45, 2.75) is 37.5 Å². The Kier molecular flexibility index (Phi) is 8.52. The zero-order valence-corrected chi connectivity index (χ0v) is 22.1. The Bertz CT molecular complexity index is 1290. The minimum Gasteiger partial charge on any atom is -0.486 e. The summed E-state index contributed by atoms with van der Waals surface area (Å²) < 4.78 is 43.2. The number of ether oxygens (including phenoxy) is 3. The number of hydrogen-bond acceptors (Lipinski definition) is 8. The molecule has 0 saturated carbocycles. The number of amides is 3. The molecule has 2 N–H and O–H groups in total. The van der Waals surface area contributed by atoms with Crippen molar-refractivity contribution in [1.29, 1.82) is 0 Å². The Hall–Kier alpha value is -3.64. The van der Waals surface area contributed by atoms with Crippen LogP contribution in [0.2, 0.25) is 0 Å². The van der Waals surface area contributed by atoms with Gasteiger partial charge in [0.25, 0.3) is 5.91 Å². The molecule has 1 fully saturated rings. The van der Waals surface area contributed by atoms with Gasteiger partial charge in [0.2, 0.25) is 10.0 Å². The van der Waals surface area contributed by atoms with Crippen molar-refractivity contribution < 1.29 is 37.0 Å². The smallest absolute Gasteiger partial charge is 0.325 e. The predicted octanol–water partition coefficient (Wildman–Crippen LogP) is 2.87. The number of esters is 1. The Morgan fingerprint density at radius 1 is 1.00 bits per heavy atom. The molecule has 4 rings (SSSR count). The van der Waals surface area contributed by atoms with E-state index < -0.39 is 40.5 Å². The Morgan fingerprint density at radius 3 is 2.32 bits per heavy atom. The van der Waals surface area contributed by atoms with E-state index in [0.717, 1.165) is 5.56 Å². The van der Waals surface area contributed by atoms with Crippen LogP contribution < -0.4 is 20.1 Å². The number of anilines is 1. The van der Waals surface area contributed by atoms with E-state index in [1.807, 2.05) is 26.0 Å². The lowest BCUT2D eigenvalue weighted by atomic mass is 9.98. The molecular formula is C26H31N3O8S. The van der Waals surface area contributed by atoms with Gasteiger partial charge in [-0.3, -0.25) is 14.9 Å². The molecule has 2 heterocycles. The summed E-state index contributed by atoms with van der Waals surface area (Å²) in [6.45, 7) is 4.61. The number of carbonyl (C=O) groups excluding carboxylic acids is 3. The molecule has 0 bridgehead atoms. The maximum atomic E-state index is 13.0. The summed E-state index contributed by atoms with van der Waals surface area (Å²) in [6.07, 6.45) is 0.544. The normalized spacial score (nSPS) is 16.1. The fourth-order valence-electron chi connectivity index (χ4n) is 4.21. The summed E-state index contributed by atoms with van der Waals surface area (Å²) in [6, 6.07) is 10.9. The van der Waals surface area contributed by atoms with E-state index in [1.165, 1.54) is 4.31 Å². The summed E-state index contributed by atoms with van der Waals surface area (Å²) in [5, 5.41) is 4.60. The number of carbonyl (C=O) groups is 3. The van der Waals surface area contributed by atoms with Crippen LogP contribution in [0.25, 0.3) is 0 Å². The second-order valence-corrected chi connectivity index (χ2v) is 11.3. The van der Waals surface area contributed by atoms with Crippen molar-refractivity contribution in [2.75, 3.05) is 38.2 Å². The van der Waals surface area contributed by atoms with Crippen LogP contribution in [0.5, 0.6) is 11.5 Å². The van der Waals surface area contributed by atoms with Crippen LogP contribution in [0.15, 0.2) is 47.4 Å². The monoisotopic (exact) mass is 545 g/mol. The average Bonchev–Trinajstić information content (AvgIpc) is 2.91. The first kappa shape index (κ1) is 27.4. The number of nitrogens with one attached hydrogen (secondary N) is 2. The molecule has 0 aromatic heterocycles. The van der Waals surface area contributed by atoms with Crippen molar-refractivity contribution in [1.82, 2.24) is 9.62 Å². The molecule has 11 nitrogen and oxygen atoms in total. The Labute approximate surface area is 221 Å². The van der Waals surface area contributed by atoms with Crippen molar-refractivity contribution in [3.63, 3.8) is 0 Å². The molecule has 2 aromatic carbocycles. The fraction of sp³-hybridized carbons (Fsp3) is 0.423. The molecule has 1 saturated heterocycles. The standard InChI is InChI=1S/C26H31N3O8S/c1-17(2)18-3-6-21(7-4-18)38(33,34)29-11-9-19(10-12-29)25(31)37-16-24(30)28-26(32)27-20-5-8-22-23(15-20)36-14-13-35-22/h3-8,15,17,19H,9-14,16H2,1-2H3,(H2,27,28,30,32). The van der Waals surface area contributed by atoms with Crippen LogP contribution in [-0.4, -0.2) is 63.5 Å². The summed E-state index contributed by atoms with van der Waals surface area (Å²) in [7, 11) is -3.67. The molecule has 0 aliphatic carbocycles. The van der Waals surface area contributed by atoms with Crippen LogP contribution >= 0.6 is 0 Å². The maximum absolute atomic E-state index is 13.0. The number of benzene rings is 2. The number of hydrogen-bond donors (Lipinski definition) is 2. The van der Waals surface area contributed by atoms with E-state index in [2.05, 4.69) is 10.6 Å². The number of nitrogens with zero attached hydrogens (tertiary/aromatic N) is 1. The topological polar surface area (TPSA) is 140 Å². The zero-order chi connectivity index (χ0) is 27.3. The number of urea groups is 1. The van der Waals surface area contributed by atoms with Crippen LogP contribution in [0.3, 0.4) is 0 Å². The van der Waals surface area contributed by atoms with Gasteiger partial charge < -0.3 is 19.5 Å². The molecule has 12 heteroatoms. The molecule has 0 atom stereocenters. The number of sulfonamides is 1. The van der Waals surface area contributed by atoms with Gasteiger partial charge in [0, 0.05) is 24.8 Å². The van der Waals surface area contributed by atoms with Gasteiger partial charge in [-0.1, -0.05) is 26.0 Å². The van der Waals surface area contributed by atoms with E-state index in [-0.39, 0.29) is 30.8 Å². The highest BCUT2D eigenvalue weighted by Gasteiger charge is 2.33. The Balaban J connectivity index is 1.20. The highest BCUT2D eigenvalue weighted by molar-refractivity contribution is 7.89. The summed E-state index contributed by atoms with van der Waals surface area (Å²) in [4.78, 5) is 36.9. The van der Waals surface area contributed by atoms with Crippen molar-refractivity contribution in [3.05, 3.63) is 48.0 Å². The predicted molar refractivity (Wildman–Crippen MR) is 138 cm³/mol. The first-order valence-corrected chi connectivity index (χ1v) is 13.8. The minimum atomic E-state index is -3.67. The lowest BCUT2D eigenvalue weighted by Crippen LogP contribution is -2.41. The molecule has 0 unspecified atom stereocenters. The summed E-state index contributed by atoms with van der Waals surface area (Å²) in [5.74, 6) is -0.594. The largest absolute Gasteiger partial charge is 0.486 e. The Morgan fingerprint density at radius 2 is 1.66 bits per heavy atom. The molecule has 204 valence electrons. The highest BCUT2D eigenvalue weighted by Crippen LogP contribution is 2.32. The lowest BCUT2D eigenvalue weighted by molar-refractivity contribution is -0.153. The van der Waals surface area contributed by atoms with Gasteiger partial charge in [-0.05, 0) is 48.6 Å². The van der Waals surface area contributed by atoms with E-state index in [1.54, 1.807) is 30.3 Å². The second-order valence-electron chi connectivity index (χ2n) is 9.37. The quantitative estimate of drug-likeness (QED) is 0.506. The third-order valence-corrected chi connectivity index (χ3v) is 8.28. The van der Waals surface area contributed by atoms with Crippen LogP contribution in [0.1, 0.15) is 38.2 Å². The molecular weight excluding hydrogens is 514 g/mol. The lowest BCUT2D eigenvalue weighted by Gasteiger charge is -2.30. The minimum absolute atomic E-state index is 0.165. The van der Waals surface area contributed by atoms with Gasteiger partial charge in [0.1, 0.15) is 13.2 Å². The maximum Gasteiger partial charge on any atom is 0.325 e. The van der Waals surface area contributed by atoms with Crippen molar-refractivity contribution >= 4 is 33.6 Å². The van der Waals surface area contributed by atoms with Crippen molar-refractivity contribution in [2.24, 2.45) is 5.92 Å². The van der Waals surface area contributed by atoms with E-state index in [4.69, 9.17) is 14.2 Å². The van der Waals surface area contributed by atoms with Gasteiger partial charge in [-0.2, -0.15) is 4.31 Å². The van der Waals surface area contributed by atoms with Crippen LogP contribution in [-0.2, 0) is 24.3 Å². The number of imide groups is 1. The zero-order valence-electron chi connectivity index (χ0n) is 21.3. The molecule has 3 amide bonds. The van der Waals surface area contributed by atoms with Crippen molar-refractivity contribution in [3.8, 4) is 11.5 Å². The fourth-order valence-corrected chi connectivity index (χ4v) is 5.68.